The van der Waals surface area contributed by atoms with E-state index >= 15 is 0 Å². The number of hydrogen-bond acceptors (Lipinski definition) is 6. The van der Waals surface area contributed by atoms with Crippen LogP contribution in [0.2, 0.25) is 0 Å². The minimum atomic E-state index is -1.22. The minimum Gasteiger partial charge on any atom is -0.493 e. The number of rotatable bonds is 6. The Hall–Kier alpha value is -3.34. The number of nitrogens with zero attached hydrogens (tertiary/aromatic N) is 2. The molecule has 1 aliphatic carbocycles. The van der Waals surface area contributed by atoms with Gasteiger partial charge in [-0.3, -0.25) is 19.3 Å². The van der Waals surface area contributed by atoms with Crippen LogP contribution in [0.25, 0.3) is 0 Å². The van der Waals surface area contributed by atoms with Gasteiger partial charge in [0.05, 0.1) is 19.3 Å². The van der Waals surface area contributed by atoms with E-state index in [4.69, 9.17) is 9.47 Å². The van der Waals surface area contributed by atoms with Gasteiger partial charge in [-0.1, -0.05) is 38.0 Å². The molecule has 2 saturated heterocycles. The maximum absolute atomic E-state index is 14.1. The molecule has 3 heterocycles. The molecule has 0 radical (unpaired) electrons. The van der Waals surface area contributed by atoms with Crippen molar-refractivity contribution in [1.29, 1.82) is 0 Å². The number of nitrogens with one attached hydrogen (secondary N) is 2. The summed E-state index contributed by atoms with van der Waals surface area (Å²) in [5.41, 5.74) is 0.542. The average molecular weight is 543 g/mol. The summed E-state index contributed by atoms with van der Waals surface area (Å²) in [4.78, 5) is 55.2. The van der Waals surface area contributed by atoms with E-state index < -0.39 is 36.4 Å². The van der Waals surface area contributed by atoms with Crippen molar-refractivity contribution in [2.45, 2.75) is 88.7 Å². The number of amides is 4. The molecular weight excluding hydrogens is 504 g/mol. The van der Waals surface area contributed by atoms with Gasteiger partial charge >= 0.3 is 6.09 Å². The molecule has 2 unspecified atom stereocenters. The van der Waals surface area contributed by atoms with Crippen LogP contribution in [-0.4, -0.2) is 83.3 Å². The lowest BCUT2D eigenvalue weighted by Gasteiger charge is -2.37. The fourth-order valence-corrected chi connectivity index (χ4v) is 6.93. The maximum Gasteiger partial charge on any atom is 0.407 e. The molecule has 11 nitrogen and oxygen atoms in total. The fourth-order valence-electron chi connectivity index (χ4n) is 6.93. The molecule has 0 aromatic heterocycles. The minimum absolute atomic E-state index is 0.206. The topological polar surface area (TPSA) is 138 Å². The number of fused-ring (bicyclic) bond motifs is 2. The van der Waals surface area contributed by atoms with Gasteiger partial charge in [0.15, 0.2) is 0 Å². The number of para-hydroxylation sites is 1. The van der Waals surface area contributed by atoms with Crippen LogP contribution in [0.4, 0.5) is 4.79 Å². The second kappa shape index (κ2) is 11.0. The van der Waals surface area contributed by atoms with Crippen LogP contribution in [-0.2, 0) is 19.1 Å². The molecule has 3 N–H and O–H groups in total. The van der Waals surface area contributed by atoms with E-state index in [2.05, 4.69) is 10.6 Å². The van der Waals surface area contributed by atoms with E-state index in [1.165, 1.54) is 7.05 Å². The summed E-state index contributed by atoms with van der Waals surface area (Å²) in [5, 5.41) is 15.4. The SMILES string of the molecule is CCC(C(=O)N[C@H]1CCO[C@H]2CC3(CCCC3)[C@@H](C(=O)NC3CCOc4ccccc43)N2C1=O)N(C)C(=O)O. The lowest BCUT2D eigenvalue weighted by molar-refractivity contribution is -0.150. The van der Waals surface area contributed by atoms with Gasteiger partial charge in [0.25, 0.3) is 0 Å². The van der Waals surface area contributed by atoms with Crippen LogP contribution in [0, 0.1) is 5.41 Å². The Balaban J connectivity index is 1.39. The van der Waals surface area contributed by atoms with Gasteiger partial charge in [0.2, 0.25) is 17.7 Å². The molecule has 4 aliphatic rings. The van der Waals surface area contributed by atoms with Crippen molar-refractivity contribution in [3.63, 3.8) is 0 Å². The molecular formula is C28H38N4O7. The van der Waals surface area contributed by atoms with E-state index in [0.717, 1.165) is 41.9 Å². The molecule has 1 aromatic carbocycles. The normalized spacial score (nSPS) is 28.1. The summed E-state index contributed by atoms with van der Waals surface area (Å²) in [5.74, 6) is -0.339. The van der Waals surface area contributed by atoms with Gasteiger partial charge < -0.3 is 30.1 Å². The van der Waals surface area contributed by atoms with Crippen molar-refractivity contribution in [3.8, 4) is 5.75 Å². The van der Waals surface area contributed by atoms with Gasteiger partial charge in [0, 0.05) is 37.3 Å². The Morgan fingerprint density at radius 3 is 2.56 bits per heavy atom. The Morgan fingerprint density at radius 1 is 1.13 bits per heavy atom. The number of benzene rings is 1. The van der Waals surface area contributed by atoms with Gasteiger partial charge in [-0.05, 0) is 25.3 Å². The van der Waals surface area contributed by atoms with Gasteiger partial charge in [0.1, 0.15) is 30.1 Å². The van der Waals surface area contributed by atoms with Crippen molar-refractivity contribution in [3.05, 3.63) is 29.8 Å². The molecule has 1 saturated carbocycles. The van der Waals surface area contributed by atoms with E-state index in [1.807, 2.05) is 24.3 Å². The van der Waals surface area contributed by atoms with Crippen molar-refractivity contribution in [2.24, 2.45) is 5.41 Å². The first-order valence-electron chi connectivity index (χ1n) is 14.0. The van der Waals surface area contributed by atoms with E-state index in [0.29, 0.717) is 19.4 Å². The smallest absolute Gasteiger partial charge is 0.407 e. The summed E-state index contributed by atoms with van der Waals surface area (Å²) in [7, 11) is 1.34. The summed E-state index contributed by atoms with van der Waals surface area (Å²) in [6, 6.07) is 4.88. The average Bonchev–Trinajstić information content (AvgIpc) is 3.48. The van der Waals surface area contributed by atoms with Crippen LogP contribution in [0.15, 0.2) is 24.3 Å². The van der Waals surface area contributed by atoms with Crippen molar-refractivity contribution < 1.29 is 33.8 Å². The first kappa shape index (κ1) is 27.2. The quantitative estimate of drug-likeness (QED) is 0.502. The van der Waals surface area contributed by atoms with Crippen LogP contribution in [0.5, 0.6) is 5.75 Å². The summed E-state index contributed by atoms with van der Waals surface area (Å²) in [6.07, 6.45) is 3.59. The first-order valence-corrected chi connectivity index (χ1v) is 14.0. The maximum atomic E-state index is 14.1. The number of carbonyl (C=O) groups excluding carboxylic acids is 3. The third kappa shape index (κ3) is 5.04. The largest absolute Gasteiger partial charge is 0.493 e. The molecule has 212 valence electrons. The predicted octanol–water partition coefficient (Wildman–Crippen LogP) is 2.41. The number of likely N-dealkylation sites (N-methyl/N-ethyl adjacent to an activating group) is 1. The second-order valence-corrected chi connectivity index (χ2v) is 11.2. The monoisotopic (exact) mass is 542 g/mol. The second-order valence-electron chi connectivity index (χ2n) is 11.2. The zero-order valence-corrected chi connectivity index (χ0v) is 22.6. The van der Waals surface area contributed by atoms with Crippen molar-refractivity contribution >= 4 is 23.8 Å². The highest BCUT2D eigenvalue weighted by molar-refractivity contribution is 5.95. The summed E-state index contributed by atoms with van der Waals surface area (Å²) < 4.78 is 11.9. The summed E-state index contributed by atoms with van der Waals surface area (Å²) >= 11 is 0. The van der Waals surface area contributed by atoms with Crippen LogP contribution < -0.4 is 15.4 Å². The molecule has 1 spiro atoms. The van der Waals surface area contributed by atoms with Gasteiger partial charge in [-0.15, -0.1) is 0 Å². The Bertz CT molecular complexity index is 1120. The standard InChI is InChI=1S/C28H38N4O7/c1-3-20(31(2)27(36)37)24(33)30-19-11-15-39-22-16-28(12-6-7-13-28)23(32(22)26(19)35)25(34)29-18-10-14-38-21-9-5-4-8-17(18)21/h4-5,8-9,18-20,22-23H,3,6-7,10-16H2,1-2H3,(H,29,34)(H,30,33)(H,36,37)/t18?,19-,20?,22-,23+/m0/s1. The number of hydrogen-bond donors (Lipinski definition) is 3. The molecule has 3 aliphatic heterocycles. The number of carboxylic acid groups (broad SMARTS) is 1. The molecule has 4 amide bonds. The van der Waals surface area contributed by atoms with Gasteiger partial charge in [-0.25, -0.2) is 4.79 Å². The molecule has 11 heteroatoms. The highest BCUT2D eigenvalue weighted by Crippen LogP contribution is 2.53. The fraction of sp³-hybridized carbons (Fsp3) is 0.643. The predicted molar refractivity (Wildman–Crippen MR) is 140 cm³/mol. The highest BCUT2D eigenvalue weighted by Gasteiger charge is 2.59. The molecule has 3 fully saturated rings. The first-order chi connectivity index (χ1) is 18.8. The van der Waals surface area contributed by atoms with Crippen LogP contribution in [0.1, 0.15) is 69.9 Å². The summed E-state index contributed by atoms with van der Waals surface area (Å²) in [6.45, 7) is 2.46. The lowest BCUT2D eigenvalue weighted by atomic mass is 9.77. The Morgan fingerprint density at radius 2 is 1.85 bits per heavy atom. The van der Waals surface area contributed by atoms with Crippen LogP contribution in [0.3, 0.4) is 0 Å². The van der Waals surface area contributed by atoms with Crippen LogP contribution >= 0.6 is 0 Å². The van der Waals surface area contributed by atoms with Crippen molar-refractivity contribution in [2.75, 3.05) is 20.3 Å². The number of ether oxygens (including phenoxy) is 2. The van der Waals surface area contributed by atoms with E-state index in [1.54, 1.807) is 11.8 Å². The molecule has 0 bridgehead atoms. The number of carbonyl (C=O) groups is 4. The van der Waals surface area contributed by atoms with E-state index in [-0.39, 0.29) is 42.7 Å². The van der Waals surface area contributed by atoms with E-state index in [9.17, 15) is 24.3 Å². The molecule has 5 atom stereocenters. The van der Waals surface area contributed by atoms with Gasteiger partial charge in [-0.2, -0.15) is 0 Å². The van der Waals surface area contributed by atoms with Crippen molar-refractivity contribution in [1.82, 2.24) is 20.4 Å². The highest BCUT2D eigenvalue weighted by atomic mass is 16.5. The third-order valence-corrected chi connectivity index (χ3v) is 8.92. The third-order valence-electron chi connectivity index (χ3n) is 8.92. The lowest BCUT2D eigenvalue weighted by Crippen LogP contribution is -2.59. The zero-order valence-electron chi connectivity index (χ0n) is 22.6. The Labute approximate surface area is 228 Å². The molecule has 5 rings (SSSR count). The molecule has 1 aromatic rings. The Kier molecular flexibility index (Phi) is 7.70. The zero-order chi connectivity index (χ0) is 27.7. The molecule has 39 heavy (non-hydrogen) atoms.